The normalized spacial score (nSPS) is 13.0. The Bertz CT molecular complexity index is 1300. The van der Waals surface area contributed by atoms with Gasteiger partial charge in [-0.3, -0.25) is 4.57 Å². The number of hydrogen-bond donors (Lipinski definition) is 0. The lowest BCUT2D eigenvalue weighted by molar-refractivity contribution is -0.660. The van der Waals surface area contributed by atoms with Crippen LogP contribution in [0.5, 0.6) is 0 Å². The van der Waals surface area contributed by atoms with Crippen molar-refractivity contribution in [2.75, 3.05) is 0 Å². The van der Waals surface area contributed by atoms with E-state index in [-0.39, 0.29) is 5.41 Å². The first-order valence-electron chi connectivity index (χ1n) is 10.8. The van der Waals surface area contributed by atoms with Crippen molar-refractivity contribution in [3.8, 4) is 16.9 Å². The summed E-state index contributed by atoms with van der Waals surface area (Å²) >= 11 is 0. The molecule has 0 radical (unpaired) electrons. The first-order valence-corrected chi connectivity index (χ1v) is 10.8. The van der Waals surface area contributed by atoms with Gasteiger partial charge in [-0.2, -0.15) is 0 Å². The van der Waals surface area contributed by atoms with Crippen LogP contribution in [-0.2, 0) is 19.9 Å². The third kappa shape index (κ3) is 2.96. The van der Waals surface area contributed by atoms with Crippen LogP contribution in [0.15, 0.2) is 48.7 Å². The van der Waals surface area contributed by atoms with Gasteiger partial charge in [-0.25, -0.2) is 9.55 Å². The predicted molar refractivity (Wildman–Crippen MR) is 123 cm³/mol. The molecule has 0 saturated heterocycles. The van der Waals surface area contributed by atoms with Crippen LogP contribution in [0.3, 0.4) is 0 Å². The number of benzene rings is 2. The topological polar surface area (TPSA) is 21.7 Å². The summed E-state index contributed by atoms with van der Waals surface area (Å²) in [5.41, 5.74) is 12.0. The fraction of sp³-hybridized carbons (Fsp3) is 0.333. The molecule has 152 valence electrons. The number of aryl methyl sites for hydroxylation is 3. The van der Waals surface area contributed by atoms with E-state index >= 15 is 0 Å². The van der Waals surface area contributed by atoms with Crippen LogP contribution >= 0.6 is 0 Å². The Morgan fingerprint density at radius 1 is 1.03 bits per heavy atom. The van der Waals surface area contributed by atoms with Crippen molar-refractivity contribution in [2.24, 2.45) is 12.5 Å². The Balaban J connectivity index is 1.73. The highest BCUT2D eigenvalue weighted by atomic mass is 15.1. The molecule has 0 amide bonds. The van der Waals surface area contributed by atoms with Crippen molar-refractivity contribution >= 4 is 11.0 Å². The van der Waals surface area contributed by atoms with Gasteiger partial charge < -0.3 is 0 Å². The monoisotopic (exact) mass is 396 g/mol. The summed E-state index contributed by atoms with van der Waals surface area (Å²) < 4.78 is 4.64. The molecule has 3 nitrogen and oxygen atoms in total. The van der Waals surface area contributed by atoms with E-state index < -0.39 is 0 Å². The Morgan fingerprint density at radius 3 is 2.57 bits per heavy atom. The van der Waals surface area contributed by atoms with Gasteiger partial charge in [-0.15, -0.1) is 0 Å². The van der Waals surface area contributed by atoms with E-state index in [1.807, 2.05) is 0 Å². The van der Waals surface area contributed by atoms with E-state index in [1.165, 1.54) is 44.7 Å². The quantitative estimate of drug-likeness (QED) is 0.355. The summed E-state index contributed by atoms with van der Waals surface area (Å²) in [6, 6.07) is 15.4. The predicted octanol–water partition coefficient (Wildman–Crippen LogP) is 5.63. The largest absolute Gasteiger partial charge is 0.296 e. The zero-order chi connectivity index (χ0) is 21.2. The van der Waals surface area contributed by atoms with Crippen molar-refractivity contribution in [3.05, 3.63) is 76.7 Å². The van der Waals surface area contributed by atoms with Crippen molar-refractivity contribution in [1.82, 2.24) is 9.55 Å². The van der Waals surface area contributed by atoms with E-state index in [0.29, 0.717) is 0 Å². The number of pyridine rings is 1. The molecule has 4 aromatic rings. The van der Waals surface area contributed by atoms with E-state index in [1.54, 1.807) is 0 Å². The second-order valence-corrected chi connectivity index (χ2v) is 10.00. The smallest absolute Gasteiger partial charge is 0.213 e. The number of para-hydroxylation sites is 2. The van der Waals surface area contributed by atoms with Crippen molar-refractivity contribution in [2.45, 2.75) is 47.5 Å². The molecule has 0 atom stereocenters. The molecular weight excluding hydrogens is 366 g/mol. The lowest BCUT2D eigenvalue weighted by Gasteiger charge is -2.20. The first kappa shape index (κ1) is 19.0. The second kappa shape index (κ2) is 6.53. The van der Waals surface area contributed by atoms with Gasteiger partial charge in [0.05, 0.1) is 22.3 Å². The van der Waals surface area contributed by atoms with Crippen LogP contribution in [0.2, 0.25) is 0 Å². The summed E-state index contributed by atoms with van der Waals surface area (Å²) in [5, 5.41) is 0. The summed E-state index contributed by atoms with van der Waals surface area (Å²) in [4.78, 5) is 4.93. The molecule has 30 heavy (non-hydrogen) atoms. The van der Waals surface area contributed by atoms with Crippen LogP contribution in [-0.4, -0.2) is 9.55 Å². The number of fused-ring (bicyclic) bond motifs is 5. The average Bonchev–Trinajstić information content (AvgIpc) is 3.19. The SMILES string of the molecule is Cc1c[n+](C)c(-c2c(C)ccc3c2Cc2nc4ccccc4n2-3)cc1CC(C)(C)C. The van der Waals surface area contributed by atoms with Crippen LogP contribution in [0.25, 0.3) is 28.0 Å². The maximum absolute atomic E-state index is 4.93. The minimum Gasteiger partial charge on any atom is -0.296 e. The minimum absolute atomic E-state index is 0.261. The molecule has 3 heterocycles. The van der Waals surface area contributed by atoms with Gasteiger partial charge in [0.1, 0.15) is 12.9 Å². The lowest BCUT2D eigenvalue weighted by atomic mass is 9.85. The highest BCUT2D eigenvalue weighted by Crippen LogP contribution is 2.39. The number of imidazole rings is 1. The van der Waals surface area contributed by atoms with Gasteiger partial charge in [0.25, 0.3) is 0 Å². The highest BCUT2D eigenvalue weighted by molar-refractivity contribution is 5.83. The fourth-order valence-corrected chi connectivity index (χ4v) is 4.95. The minimum atomic E-state index is 0.261. The van der Waals surface area contributed by atoms with Crippen LogP contribution < -0.4 is 4.57 Å². The Kier molecular flexibility index (Phi) is 4.15. The van der Waals surface area contributed by atoms with Crippen LogP contribution in [0.4, 0.5) is 0 Å². The third-order valence-corrected chi connectivity index (χ3v) is 6.26. The van der Waals surface area contributed by atoms with E-state index in [4.69, 9.17) is 4.98 Å². The molecule has 0 saturated carbocycles. The van der Waals surface area contributed by atoms with Crippen molar-refractivity contribution in [1.29, 1.82) is 0 Å². The maximum Gasteiger partial charge on any atom is 0.213 e. The molecule has 2 aromatic carbocycles. The zero-order valence-electron chi connectivity index (χ0n) is 18.9. The van der Waals surface area contributed by atoms with Gasteiger partial charge in [-0.1, -0.05) is 39.0 Å². The molecule has 1 aliphatic heterocycles. The Morgan fingerprint density at radius 2 is 1.80 bits per heavy atom. The summed E-state index contributed by atoms with van der Waals surface area (Å²) in [6.45, 7) is 11.4. The summed E-state index contributed by atoms with van der Waals surface area (Å²) in [7, 11) is 2.17. The van der Waals surface area contributed by atoms with Crippen molar-refractivity contribution in [3.63, 3.8) is 0 Å². The molecule has 2 aromatic heterocycles. The standard InChI is InChI=1S/C27H30N3/c1-17-11-12-22-20(14-25-28-21-9-7-8-10-23(21)30(22)25)26(17)24-13-19(15-27(3,4)5)18(2)16-29(24)6/h7-13,16H,14-15H2,1-6H3/q+1. The lowest BCUT2D eigenvalue weighted by Crippen LogP contribution is -2.32. The number of hydrogen-bond acceptors (Lipinski definition) is 1. The van der Waals surface area contributed by atoms with Gasteiger partial charge in [0.2, 0.25) is 5.69 Å². The molecule has 0 aliphatic carbocycles. The van der Waals surface area contributed by atoms with E-state index in [9.17, 15) is 0 Å². The van der Waals surface area contributed by atoms with Gasteiger partial charge >= 0.3 is 0 Å². The molecule has 3 heteroatoms. The molecular formula is C27H30N3+. The van der Waals surface area contributed by atoms with Gasteiger partial charge in [0.15, 0.2) is 6.20 Å². The average molecular weight is 397 g/mol. The molecule has 0 unspecified atom stereocenters. The highest BCUT2D eigenvalue weighted by Gasteiger charge is 2.29. The zero-order valence-corrected chi connectivity index (χ0v) is 18.9. The van der Waals surface area contributed by atoms with Crippen LogP contribution in [0.1, 0.15) is 48.8 Å². The number of nitrogens with zero attached hydrogens (tertiary/aromatic N) is 3. The molecule has 0 bridgehead atoms. The Hall–Kier alpha value is -2.94. The summed E-state index contributed by atoms with van der Waals surface area (Å²) in [6.07, 6.45) is 4.24. The number of rotatable bonds is 2. The molecule has 0 N–H and O–H groups in total. The van der Waals surface area contributed by atoms with Crippen LogP contribution in [0, 0.1) is 19.3 Å². The molecule has 0 fully saturated rings. The van der Waals surface area contributed by atoms with Gasteiger partial charge in [0, 0.05) is 18.1 Å². The maximum atomic E-state index is 4.93. The van der Waals surface area contributed by atoms with E-state index in [2.05, 4.69) is 99.5 Å². The molecule has 0 spiro atoms. The molecule has 1 aliphatic rings. The first-order chi connectivity index (χ1) is 14.2. The second-order valence-electron chi connectivity index (χ2n) is 10.00. The number of aromatic nitrogens is 3. The van der Waals surface area contributed by atoms with E-state index in [0.717, 1.165) is 24.2 Å². The van der Waals surface area contributed by atoms with Gasteiger partial charge in [-0.05, 0) is 60.6 Å². The fourth-order valence-electron chi connectivity index (χ4n) is 4.95. The summed E-state index contributed by atoms with van der Waals surface area (Å²) in [5.74, 6) is 1.14. The Labute approximate surface area is 179 Å². The third-order valence-electron chi connectivity index (χ3n) is 6.26. The molecule has 5 rings (SSSR count). The van der Waals surface area contributed by atoms with Crippen molar-refractivity contribution < 1.29 is 4.57 Å².